The highest BCUT2D eigenvalue weighted by Crippen LogP contribution is 2.58. The zero-order chi connectivity index (χ0) is 14.9. The molecule has 2 saturated carbocycles. The van der Waals surface area contributed by atoms with E-state index in [0.29, 0.717) is 18.4 Å². The first-order valence-electron chi connectivity index (χ1n) is 7.08. The number of esters is 1. The fourth-order valence-electron chi connectivity index (χ4n) is 4.44. The molecule has 3 rings (SSSR count). The van der Waals surface area contributed by atoms with E-state index in [1.807, 2.05) is 6.92 Å². The van der Waals surface area contributed by atoms with Crippen LogP contribution in [0.1, 0.15) is 33.1 Å². The second-order valence-electron chi connectivity index (χ2n) is 6.61. The van der Waals surface area contributed by atoms with Crippen LogP contribution >= 0.6 is 0 Å². The summed E-state index contributed by atoms with van der Waals surface area (Å²) in [6, 6.07) is 0. The predicted molar refractivity (Wildman–Crippen MR) is 69.6 cm³/mol. The van der Waals surface area contributed by atoms with Crippen LogP contribution in [0, 0.1) is 17.3 Å². The van der Waals surface area contributed by atoms with Crippen LogP contribution in [0.15, 0.2) is 12.2 Å². The van der Waals surface area contributed by atoms with Crippen molar-refractivity contribution in [3.63, 3.8) is 0 Å². The number of carbonyl (C=O) groups excluding carboxylic acids is 2. The van der Waals surface area contributed by atoms with E-state index in [1.54, 1.807) is 6.92 Å². The smallest absolute Gasteiger partial charge is 0.334 e. The van der Waals surface area contributed by atoms with Gasteiger partial charge in [-0.1, -0.05) is 13.5 Å². The SMILES string of the molecule is C=C1C(=O)O[C@@H]2[C@H]1CC[C@H](C)C1(O)[C@@H](O)CC(=O)[C@@]21C. The van der Waals surface area contributed by atoms with E-state index in [1.165, 1.54) is 0 Å². The summed E-state index contributed by atoms with van der Waals surface area (Å²) < 4.78 is 5.38. The van der Waals surface area contributed by atoms with Gasteiger partial charge in [-0.2, -0.15) is 0 Å². The lowest BCUT2D eigenvalue weighted by molar-refractivity contribution is -0.189. The summed E-state index contributed by atoms with van der Waals surface area (Å²) >= 11 is 0. The third kappa shape index (κ3) is 1.30. The minimum absolute atomic E-state index is 0.0927. The van der Waals surface area contributed by atoms with E-state index in [0.717, 1.165) is 0 Å². The normalized spacial score (nSPS) is 51.5. The van der Waals surface area contributed by atoms with Gasteiger partial charge in [0.1, 0.15) is 17.5 Å². The van der Waals surface area contributed by atoms with Crippen LogP contribution in [0.3, 0.4) is 0 Å². The molecule has 0 radical (unpaired) electrons. The Labute approximate surface area is 117 Å². The maximum Gasteiger partial charge on any atom is 0.334 e. The molecule has 0 aromatic carbocycles. The van der Waals surface area contributed by atoms with Gasteiger partial charge < -0.3 is 14.9 Å². The minimum atomic E-state index is -1.55. The number of rotatable bonds is 0. The molecule has 20 heavy (non-hydrogen) atoms. The highest BCUT2D eigenvalue weighted by molar-refractivity contribution is 5.95. The molecule has 0 spiro atoms. The zero-order valence-electron chi connectivity index (χ0n) is 11.8. The summed E-state index contributed by atoms with van der Waals surface area (Å²) in [5.41, 5.74) is -2.43. The van der Waals surface area contributed by atoms with Crippen LogP contribution in [0.2, 0.25) is 0 Å². The van der Waals surface area contributed by atoms with Crippen molar-refractivity contribution in [1.82, 2.24) is 0 Å². The van der Waals surface area contributed by atoms with Crippen LogP contribution in [0.25, 0.3) is 0 Å². The van der Waals surface area contributed by atoms with Gasteiger partial charge in [0.15, 0.2) is 0 Å². The third-order valence-corrected chi connectivity index (χ3v) is 5.84. The average molecular weight is 280 g/mol. The predicted octanol–water partition coefficient (Wildman–Crippen LogP) is 0.585. The van der Waals surface area contributed by atoms with Crippen LogP contribution in [-0.2, 0) is 14.3 Å². The molecule has 1 unspecified atom stereocenters. The topological polar surface area (TPSA) is 83.8 Å². The monoisotopic (exact) mass is 280 g/mol. The van der Waals surface area contributed by atoms with Gasteiger partial charge >= 0.3 is 5.97 Å². The summed E-state index contributed by atoms with van der Waals surface area (Å²) in [5, 5.41) is 21.3. The van der Waals surface area contributed by atoms with Crippen molar-refractivity contribution >= 4 is 11.8 Å². The lowest BCUT2D eigenvalue weighted by Gasteiger charge is -2.45. The Kier molecular flexibility index (Phi) is 2.70. The molecule has 2 N–H and O–H groups in total. The van der Waals surface area contributed by atoms with E-state index < -0.39 is 29.2 Å². The Morgan fingerprint density at radius 1 is 1.35 bits per heavy atom. The van der Waals surface area contributed by atoms with Crippen molar-refractivity contribution < 1.29 is 24.5 Å². The van der Waals surface area contributed by atoms with Gasteiger partial charge in [-0.25, -0.2) is 4.79 Å². The first-order chi connectivity index (χ1) is 9.24. The fraction of sp³-hybridized carbons (Fsp3) is 0.733. The molecule has 0 aromatic heterocycles. The molecule has 1 saturated heterocycles. The largest absolute Gasteiger partial charge is 0.457 e. The van der Waals surface area contributed by atoms with Crippen molar-refractivity contribution in [2.75, 3.05) is 0 Å². The zero-order valence-corrected chi connectivity index (χ0v) is 11.8. The number of hydrogen-bond acceptors (Lipinski definition) is 5. The quantitative estimate of drug-likeness (QED) is 0.501. The third-order valence-electron chi connectivity index (χ3n) is 5.84. The van der Waals surface area contributed by atoms with Crippen molar-refractivity contribution in [2.45, 2.75) is 50.9 Å². The molecule has 3 fully saturated rings. The van der Waals surface area contributed by atoms with Crippen molar-refractivity contribution in [3.05, 3.63) is 12.2 Å². The molecule has 6 atom stereocenters. The van der Waals surface area contributed by atoms with E-state index >= 15 is 0 Å². The van der Waals surface area contributed by atoms with E-state index in [-0.39, 0.29) is 24.0 Å². The second kappa shape index (κ2) is 3.92. The number of hydrogen-bond donors (Lipinski definition) is 2. The van der Waals surface area contributed by atoms with Crippen LogP contribution in [0.4, 0.5) is 0 Å². The summed E-state index contributed by atoms with van der Waals surface area (Å²) in [5.74, 6) is -1.23. The molecule has 5 nitrogen and oxygen atoms in total. The minimum Gasteiger partial charge on any atom is -0.457 e. The van der Waals surface area contributed by atoms with Crippen LogP contribution < -0.4 is 0 Å². The number of Topliss-reactive ketones (excluding diaryl/α,β-unsaturated/α-hetero) is 1. The Bertz CT molecular complexity index is 512. The molecule has 0 bridgehead atoms. The van der Waals surface area contributed by atoms with E-state index in [9.17, 15) is 19.8 Å². The first-order valence-corrected chi connectivity index (χ1v) is 7.08. The van der Waals surface area contributed by atoms with Crippen molar-refractivity contribution in [3.8, 4) is 0 Å². The van der Waals surface area contributed by atoms with Gasteiger partial charge in [0.2, 0.25) is 0 Å². The first kappa shape index (κ1) is 13.8. The molecule has 3 aliphatic rings. The number of aliphatic hydroxyl groups excluding tert-OH is 1. The maximum absolute atomic E-state index is 12.5. The van der Waals surface area contributed by atoms with Gasteiger partial charge in [0.05, 0.1) is 11.5 Å². The van der Waals surface area contributed by atoms with Crippen LogP contribution in [-0.4, -0.2) is 39.8 Å². The van der Waals surface area contributed by atoms with Crippen molar-refractivity contribution in [1.29, 1.82) is 0 Å². The lowest BCUT2D eigenvalue weighted by Crippen LogP contribution is -2.60. The van der Waals surface area contributed by atoms with Gasteiger partial charge in [0, 0.05) is 17.9 Å². The average Bonchev–Trinajstić information content (AvgIpc) is 2.74. The molecule has 1 heterocycles. The summed E-state index contributed by atoms with van der Waals surface area (Å²) in [6.07, 6.45) is -0.671. The van der Waals surface area contributed by atoms with Gasteiger partial charge in [-0.15, -0.1) is 0 Å². The maximum atomic E-state index is 12.5. The molecule has 0 aromatic rings. The van der Waals surface area contributed by atoms with E-state index in [2.05, 4.69) is 6.58 Å². The van der Waals surface area contributed by atoms with Gasteiger partial charge in [0.25, 0.3) is 0 Å². The van der Waals surface area contributed by atoms with Gasteiger partial charge in [-0.05, 0) is 25.7 Å². The second-order valence-corrected chi connectivity index (χ2v) is 6.61. The van der Waals surface area contributed by atoms with E-state index in [4.69, 9.17) is 4.74 Å². The number of aliphatic hydroxyl groups is 2. The van der Waals surface area contributed by atoms with Crippen LogP contribution in [0.5, 0.6) is 0 Å². The highest BCUT2D eigenvalue weighted by Gasteiger charge is 2.71. The number of fused-ring (bicyclic) bond motifs is 3. The van der Waals surface area contributed by atoms with Crippen molar-refractivity contribution in [2.24, 2.45) is 17.3 Å². The lowest BCUT2D eigenvalue weighted by atomic mass is 9.64. The molecule has 1 aliphatic heterocycles. The Hall–Kier alpha value is -1.20. The molecular formula is C15H20O5. The molecule has 0 amide bonds. The number of ketones is 1. The summed E-state index contributed by atoms with van der Waals surface area (Å²) in [7, 11) is 0. The highest BCUT2D eigenvalue weighted by atomic mass is 16.6. The number of ether oxygens (including phenoxy) is 1. The summed E-state index contributed by atoms with van der Waals surface area (Å²) in [4.78, 5) is 24.2. The molecular weight excluding hydrogens is 260 g/mol. The molecule has 110 valence electrons. The fourth-order valence-corrected chi connectivity index (χ4v) is 4.44. The Balaban J connectivity index is 2.17. The molecule has 5 heteroatoms. The summed E-state index contributed by atoms with van der Waals surface area (Å²) in [6.45, 7) is 7.23. The Morgan fingerprint density at radius 3 is 2.65 bits per heavy atom. The number of carbonyl (C=O) groups is 2. The Morgan fingerprint density at radius 2 is 2.00 bits per heavy atom. The standard InChI is InChI=1S/C15H20O5/c1-7-4-5-9-8(2)13(18)20-12(9)14(3)10(16)6-11(17)15(7,14)19/h7,9,11-12,17,19H,2,4-6H2,1,3H3/t7-,9-,11-,12+,14-,15?/m0/s1. The van der Waals surface area contributed by atoms with Gasteiger partial charge in [-0.3, -0.25) is 4.79 Å². The molecule has 2 aliphatic carbocycles.